The van der Waals surface area contributed by atoms with Crippen molar-refractivity contribution in [2.75, 3.05) is 5.32 Å². The third-order valence-corrected chi connectivity index (χ3v) is 3.85. The molecule has 0 aliphatic carbocycles. The van der Waals surface area contributed by atoms with Gasteiger partial charge in [0.05, 0.1) is 5.52 Å². The van der Waals surface area contributed by atoms with E-state index in [9.17, 15) is 4.39 Å². The van der Waals surface area contributed by atoms with Crippen LogP contribution >= 0.6 is 0 Å². The minimum Gasteiger partial charge on any atom is -0.340 e. The SMILES string of the molecule is Cc1cc(F)cc(Nc2nc(-c3ccncc3)nc3ccccc23)c1. The zero-order valence-corrected chi connectivity index (χ0v) is 13.6. The van der Waals surface area contributed by atoms with E-state index >= 15 is 0 Å². The molecule has 2 aromatic carbocycles. The first kappa shape index (κ1) is 15.2. The van der Waals surface area contributed by atoms with Gasteiger partial charge >= 0.3 is 0 Å². The molecule has 122 valence electrons. The Morgan fingerprint density at radius 2 is 1.72 bits per heavy atom. The Hall–Kier alpha value is -3.34. The molecule has 0 fully saturated rings. The number of anilines is 2. The number of nitrogens with one attached hydrogen (secondary N) is 1. The van der Waals surface area contributed by atoms with Crippen molar-refractivity contribution in [3.05, 3.63) is 78.4 Å². The van der Waals surface area contributed by atoms with E-state index in [2.05, 4.69) is 20.3 Å². The molecule has 0 atom stereocenters. The minimum atomic E-state index is -0.282. The second-order valence-corrected chi connectivity index (χ2v) is 5.79. The number of benzene rings is 2. The van der Waals surface area contributed by atoms with Crippen molar-refractivity contribution in [3.8, 4) is 11.4 Å². The lowest BCUT2D eigenvalue weighted by Crippen LogP contribution is -2.00. The van der Waals surface area contributed by atoms with E-state index in [1.54, 1.807) is 12.4 Å². The van der Waals surface area contributed by atoms with E-state index in [1.165, 1.54) is 12.1 Å². The van der Waals surface area contributed by atoms with Crippen molar-refractivity contribution in [2.45, 2.75) is 6.92 Å². The summed E-state index contributed by atoms with van der Waals surface area (Å²) in [5, 5.41) is 4.11. The number of pyridine rings is 1. The summed E-state index contributed by atoms with van der Waals surface area (Å²) in [5.41, 5.74) is 3.19. The highest BCUT2D eigenvalue weighted by Crippen LogP contribution is 2.27. The van der Waals surface area contributed by atoms with Gasteiger partial charge in [0.15, 0.2) is 5.82 Å². The largest absolute Gasteiger partial charge is 0.340 e. The van der Waals surface area contributed by atoms with Gasteiger partial charge in [-0.05, 0) is 55.0 Å². The fraction of sp³-hybridized carbons (Fsp3) is 0.0500. The second-order valence-electron chi connectivity index (χ2n) is 5.79. The van der Waals surface area contributed by atoms with Crippen LogP contribution in [0.1, 0.15) is 5.56 Å². The Kier molecular flexibility index (Phi) is 3.82. The molecule has 4 aromatic rings. The van der Waals surface area contributed by atoms with Gasteiger partial charge in [0.2, 0.25) is 0 Å². The Bertz CT molecular complexity index is 1030. The number of nitrogens with zero attached hydrogens (tertiary/aromatic N) is 3. The zero-order valence-electron chi connectivity index (χ0n) is 13.6. The van der Waals surface area contributed by atoms with Crippen LogP contribution in [0.3, 0.4) is 0 Å². The molecule has 2 heterocycles. The first-order valence-electron chi connectivity index (χ1n) is 7.90. The molecule has 0 saturated heterocycles. The molecule has 4 nitrogen and oxygen atoms in total. The Labute approximate surface area is 144 Å². The molecule has 0 unspecified atom stereocenters. The second kappa shape index (κ2) is 6.28. The maximum Gasteiger partial charge on any atom is 0.162 e. The molecular formula is C20H15FN4. The number of aromatic nitrogens is 3. The van der Waals surface area contributed by atoms with Gasteiger partial charge in [-0.1, -0.05) is 12.1 Å². The molecule has 0 aliphatic rings. The van der Waals surface area contributed by atoms with Crippen LogP contribution in [0.25, 0.3) is 22.3 Å². The monoisotopic (exact) mass is 330 g/mol. The first-order valence-corrected chi connectivity index (χ1v) is 7.90. The summed E-state index contributed by atoms with van der Waals surface area (Å²) < 4.78 is 13.7. The molecule has 0 spiro atoms. The molecule has 25 heavy (non-hydrogen) atoms. The van der Waals surface area contributed by atoms with E-state index in [-0.39, 0.29) is 5.82 Å². The van der Waals surface area contributed by atoms with Crippen LogP contribution < -0.4 is 5.32 Å². The molecule has 0 bridgehead atoms. The lowest BCUT2D eigenvalue weighted by atomic mass is 10.2. The summed E-state index contributed by atoms with van der Waals surface area (Å²) in [6.45, 7) is 1.86. The highest BCUT2D eigenvalue weighted by atomic mass is 19.1. The standard InChI is InChI=1S/C20H15FN4/c1-13-10-15(21)12-16(11-13)23-20-17-4-2-3-5-18(17)24-19(25-20)14-6-8-22-9-7-14/h2-12H,1H3,(H,23,24,25). The van der Waals surface area contributed by atoms with E-state index in [1.807, 2.05) is 49.4 Å². The van der Waals surface area contributed by atoms with Crippen LogP contribution in [0, 0.1) is 12.7 Å². The van der Waals surface area contributed by atoms with Crippen LogP contribution in [0.2, 0.25) is 0 Å². The Morgan fingerprint density at radius 1 is 0.920 bits per heavy atom. The van der Waals surface area contributed by atoms with Gasteiger partial charge in [-0.25, -0.2) is 14.4 Å². The van der Waals surface area contributed by atoms with Gasteiger partial charge < -0.3 is 5.32 Å². The Morgan fingerprint density at radius 3 is 2.52 bits per heavy atom. The van der Waals surface area contributed by atoms with Gasteiger partial charge in [-0.2, -0.15) is 0 Å². The normalized spacial score (nSPS) is 10.8. The predicted octanol–water partition coefficient (Wildman–Crippen LogP) is 4.88. The van der Waals surface area contributed by atoms with Crippen LogP contribution in [-0.4, -0.2) is 15.0 Å². The third kappa shape index (κ3) is 3.17. The first-order chi connectivity index (χ1) is 12.2. The predicted molar refractivity (Wildman–Crippen MR) is 97.2 cm³/mol. The number of aryl methyl sites for hydroxylation is 1. The van der Waals surface area contributed by atoms with Crippen molar-refractivity contribution >= 4 is 22.4 Å². The van der Waals surface area contributed by atoms with E-state index in [4.69, 9.17) is 0 Å². The number of hydrogen-bond donors (Lipinski definition) is 1. The van der Waals surface area contributed by atoms with E-state index < -0.39 is 0 Å². The van der Waals surface area contributed by atoms with Crippen LogP contribution in [0.15, 0.2) is 67.0 Å². The van der Waals surface area contributed by atoms with Crippen molar-refractivity contribution < 1.29 is 4.39 Å². The molecule has 0 radical (unpaired) electrons. The van der Waals surface area contributed by atoms with Crippen LogP contribution in [0.5, 0.6) is 0 Å². The average Bonchev–Trinajstić information content (AvgIpc) is 2.61. The summed E-state index contributed by atoms with van der Waals surface area (Å²) in [4.78, 5) is 13.3. The van der Waals surface area contributed by atoms with Gasteiger partial charge in [0.25, 0.3) is 0 Å². The number of para-hydroxylation sites is 1. The van der Waals surface area contributed by atoms with Crippen molar-refractivity contribution in [2.24, 2.45) is 0 Å². The highest BCUT2D eigenvalue weighted by molar-refractivity contribution is 5.92. The van der Waals surface area contributed by atoms with Gasteiger partial charge in [-0.3, -0.25) is 4.98 Å². The van der Waals surface area contributed by atoms with E-state index in [0.29, 0.717) is 17.3 Å². The van der Waals surface area contributed by atoms with Gasteiger partial charge in [0, 0.05) is 29.0 Å². The van der Waals surface area contributed by atoms with Crippen molar-refractivity contribution in [1.82, 2.24) is 15.0 Å². The highest BCUT2D eigenvalue weighted by Gasteiger charge is 2.10. The van der Waals surface area contributed by atoms with Crippen LogP contribution in [0.4, 0.5) is 15.9 Å². The van der Waals surface area contributed by atoms with Crippen molar-refractivity contribution in [3.63, 3.8) is 0 Å². The minimum absolute atomic E-state index is 0.282. The lowest BCUT2D eigenvalue weighted by Gasteiger charge is -2.11. The molecule has 2 aromatic heterocycles. The maximum atomic E-state index is 13.7. The maximum absolute atomic E-state index is 13.7. The number of halogens is 1. The fourth-order valence-corrected chi connectivity index (χ4v) is 2.75. The third-order valence-electron chi connectivity index (χ3n) is 3.85. The molecule has 5 heteroatoms. The fourth-order valence-electron chi connectivity index (χ4n) is 2.75. The number of fused-ring (bicyclic) bond motifs is 1. The van der Waals surface area contributed by atoms with Gasteiger partial charge in [0.1, 0.15) is 11.6 Å². The topological polar surface area (TPSA) is 50.7 Å². The Balaban J connectivity index is 1.86. The quantitative estimate of drug-likeness (QED) is 0.581. The molecular weight excluding hydrogens is 315 g/mol. The summed E-state index contributed by atoms with van der Waals surface area (Å²) in [5.74, 6) is 0.953. The molecule has 0 amide bonds. The number of hydrogen-bond acceptors (Lipinski definition) is 4. The lowest BCUT2D eigenvalue weighted by molar-refractivity contribution is 0.627. The van der Waals surface area contributed by atoms with Crippen molar-refractivity contribution in [1.29, 1.82) is 0 Å². The average molecular weight is 330 g/mol. The smallest absolute Gasteiger partial charge is 0.162 e. The van der Waals surface area contributed by atoms with Gasteiger partial charge in [-0.15, -0.1) is 0 Å². The molecule has 1 N–H and O–H groups in total. The summed E-state index contributed by atoms with van der Waals surface area (Å²) in [6, 6.07) is 16.3. The van der Waals surface area contributed by atoms with E-state index in [0.717, 1.165) is 22.0 Å². The zero-order chi connectivity index (χ0) is 17.2. The molecule has 4 rings (SSSR count). The number of rotatable bonds is 3. The molecule has 0 saturated carbocycles. The van der Waals surface area contributed by atoms with Crippen LogP contribution in [-0.2, 0) is 0 Å². The summed E-state index contributed by atoms with van der Waals surface area (Å²) in [7, 11) is 0. The summed E-state index contributed by atoms with van der Waals surface area (Å²) >= 11 is 0. The summed E-state index contributed by atoms with van der Waals surface area (Å²) in [6.07, 6.45) is 3.41. The molecule has 0 aliphatic heterocycles.